The molecule has 0 amide bonds. The van der Waals surface area contributed by atoms with Gasteiger partial charge in [0.25, 0.3) is 0 Å². The van der Waals surface area contributed by atoms with Gasteiger partial charge in [-0.2, -0.15) is 0 Å². The molecule has 0 heterocycles. The van der Waals surface area contributed by atoms with Crippen LogP contribution in [0.2, 0.25) is 5.02 Å². The molecule has 1 rings (SSSR count). The first-order chi connectivity index (χ1) is 6.27. The molecule has 13 heavy (non-hydrogen) atoms. The molecule has 0 spiro atoms. The maximum Gasteiger partial charge on any atom is 0.151 e. The van der Waals surface area contributed by atoms with E-state index in [2.05, 4.69) is 11.8 Å². The zero-order chi connectivity index (χ0) is 9.68. The highest BCUT2D eigenvalue weighted by atomic mass is 35.5. The fourth-order valence-corrected chi connectivity index (χ4v) is 1.06. The number of carbonyl (C=O) groups is 1. The summed E-state index contributed by atoms with van der Waals surface area (Å²) in [6.07, 6.45) is 0.688. The van der Waals surface area contributed by atoms with E-state index < -0.39 is 0 Å². The van der Waals surface area contributed by atoms with Gasteiger partial charge in [-0.3, -0.25) is 4.79 Å². The van der Waals surface area contributed by atoms with Gasteiger partial charge in [-0.05, 0) is 18.2 Å². The summed E-state index contributed by atoms with van der Waals surface area (Å²) in [5.74, 6) is 5.11. The van der Waals surface area contributed by atoms with E-state index in [4.69, 9.17) is 16.7 Å². The van der Waals surface area contributed by atoms with Crippen molar-refractivity contribution in [1.29, 1.82) is 0 Å². The van der Waals surface area contributed by atoms with Crippen molar-refractivity contribution in [2.45, 2.75) is 0 Å². The van der Waals surface area contributed by atoms with Gasteiger partial charge in [0.2, 0.25) is 0 Å². The third-order valence-corrected chi connectivity index (χ3v) is 1.68. The molecule has 2 nitrogen and oxygen atoms in total. The lowest BCUT2D eigenvalue weighted by Gasteiger charge is -1.96. The minimum atomic E-state index is -0.221. The Morgan fingerprint density at radius 3 is 2.92 bits per heavy atom. The molecule has 0 bridgehead atoms. The van der Waals surface area contributed by atoms with E-state index in [-0.39, 0.29) is 6.61 Å². The average molecular weight is 195 g/mol. The molecule has 0 aliphatic heterocycles. The van der Waals surface area contributed by atoms with Crippen molar-refractivity contribution in [2.75, 3.05) is 6.61 Å². The van der Waals surface area contributed by atoms with Crippen LogP contribution in [0.4, 0.5) is 0 Å². The standard InChI is InChI=1S/C10H7ClO2/c11-10-4-3-8(2-1-5-12)9(6-10)7-13/h3-4,6-7,12H,5H2. The lowest BCUT2D eigenvalue weighted by Crippen LogP contribution is -1.87. The molecule has 0 saturated heterocycles. The minimum Gasteiger partial charge on any atom is -0.384 e. The van der Waals surface area contributed by atoms with Crippen molar-refractivity contribution in [1.82, 2.24) is 0 Å². The van der Waals surface area contributed by atoms with E-state index in [1.807, 2.05) is 0 Å². The molecule has 0 unspecified atom stereocenters. The van der Waals surface area contributed by atoms with Crippen LogP contribution in [0.25, 0.3) is 0 Å². The lowest BCUT2D eigenvalue weighted by molar-refractivity contribution is 0.112. The number of aliphatic hydroxyl groups is 1. The SMILES string of the molecule is O=Cc1cc(Cl)ccc1C#CCO. The number of halogens is 1. The molecular formula is C10H7ClO2. The van der Waals surface area contributed by atoms with E-state index >= 15 is 0 Å². The zero-order valence-corrected chi connectivity index (χ0v) is 7.51. The number of hydrogen-bond acceptors (Lipinski definition) is 2. The Hall–Kier alpha value is -1.30. The summed E-state index contributed by atoms with van der Waals surface area (Å²) >= 11 is 5.67. The van der Waals surface area contributed by atoms with Crippen molar-refractivity contribution < 1.29 is 9.90 Å². The molecule has 0 atom stereocenters. The second kappa shape index (κ2) is 4.66. The molecule has 1 aromatic carbocycles. The summed E-state index contributed by atoms with van der Waals surface area (Å²) in [4.78, 5) is 10.6. The van der Waals surface area contributed by atoms with Crippen molar-refractivity contribution in [2.24, 2.45) is 0 Å². The quantitative estimate of drug-likeness (QED) is 0.544. The van der Waals surface area contributed by atoms with Gasteiger partial charge in [0.1, 0.15) is 6.61 Å². The highest BCUT2D eigenvalue weighted by molar-refractivity contribution is 6.30. The normalized spacial score (nSPS) is 8.77. The third kappa shape index (κ3) is 2.59. The van der Waals surface area contributed by atoms with Gasteiger partial charge in [0, 0.05) is 16.1 Å². The summed E-state index contributed by atoms with van der Waals surface area (Å²) in [5, 5.41) is 8.95. The van der Waals surface area contributed by atoms with Crippen molar-refractivity contribution in [3.05, 3.63) is 34.3 Å². The Bertz CT molecular complexity index is 374. The van der Waals surface area contributed by atoms with Crippen LogP contribution in [0.15, 0.2) is 18.2 Å². The van der Waals surface area contributed by atoms with E-state index in [9.17, 15) is 4.79 Å². The number of carbonyl (C=O) groups excluding carboxylic acids is 1. The molecule has 0 aromatic heterocycles. The van der Waals surface area contributed by atoms with Gasteiger partial charge in [-0.1, -0.05) is 23.4 Å². The van der Waals surface area contributed by atoms with Gasteiger partial charge in [-0.25, -0.2) is 0 Å². The second-order valence-electron chi connectivity index (χ2n) is 2.31. The first-order valence-electron chi connectivity index (χ1n) is 3.62. The van der Waals surface area contributed by atoms with Crippen molar-refractivity contribution >= 4 is 17.9 Å². The summed E-state index contributed by atoms with van der Waals surface area (Å²) < 4.78 is 0. The number of hydrogen-bond donors (Lipinski definition) is 1. The van der Waals surface area contributed by atoms with Crippen LogP contribution in [0.1, 0.15) is 15.9 Å². The molecule has 0 saturated carbocycles. The Kier molecular flexibility index (Phi) is 3.51. The number of aldehydes is 1. The van der Waals surface area contributed by atoms with E-state index in [0.29, 0.717) is 22.4 Å². The fourth-order valence-electron chi connectivity index (χ4n) is 0.880. The lowest BCUT2D eigenvalue weighted by atomic mass is 10.1. The first-order valence-corrected chi connectivity index (χ1v) is 4.00. The smallest absolute Gasteiger partial charge is 0.151 e. The van der Waals surface area contributed by atoms with Gasteiger partial charge < -0.3 is 5.11 Å². The first kappa shape index (κ1) is 9.79. The minimum absolute atomic E-state index is 0.221. The van der Waals surface area contributed by atoms with E-state index in [0.717, 1.165) is 0 Å². The Labute approximate surface area is 81.1 Å². The molecule has 1 N–H and O–H groups in total. The second-order valence-corrected chi connectivity index (χ2v) is 2.75. The summed E-state index contributed by atoms with van der Waals surface area (Å²) in [5.41, 5.74) is 1.02. The van der Waals surface area contributed by atoms with Crippen molar-refractivity contribution in [3.8, 4) is 11.8 Å². The number of benzene rings is 1. The zero-order valence-electron chi connectivity index (χ0n) is 6.75. The number of aliphatic hydroxyl groups excluding tert-OH is 1. The van der Waals surface area contributed by atoms with Crippen LogP contribution in [-0.4, -0.2) is 18.0 Å². The predicted octanol–water partition coefficient (Wildman–Crippen LogP) is 1.50. The van der Waals surface area contributed by atoms with Crippen LogP contribution < -0.4 is 0 Å². The Morgan fingerprint density at radius 1 is 1.54 bits per heavy atom. The fraction of sp³-hybridized carbons (Fsp3) is 0.100. The van der Waals surface area contributed by atoms with Crippen LogP contribution >= 0.6 is 11.6 Å². The highest BCUT2D eigenvalue weighted by Crippen LogP contribution is 2.13. The van der Waals surface area contributed by atoms with Crippen molar-refractivity contribution in [3.63, 3.8) is 0 Å². The van der Waals surface area contributed by atoms with Crippen LogP contribution in [0.5, 0.6) is 0 Å². The average Bonchev–Trinajstić information content (AvgIpc) is 2.16. The molecule has 0 fully saturated rings. The summed E-state index contributed by atoms with van der Waals surface area (Å²) in [6.45, 7) is -0.221. The maximum atomic E-state index is 10.6. The topological polar surface area (TPSA) is 37.3 Å². The Balaban J connectivity index is 3.13. The molecule has 0 radical (unpaired) electrons. The van der Waals surface area contributed by atoms with E-state index in [1.165, 1.54) is 6.07 Å². The van der Waals surface area contributed by atoms with E-state index in [1.54, 1.807) is 12.1 Å². The molecular weight excluding hydrogens is 188 g/mol. The molecule has 0 aliphatic carbocycles. The summed E-state index contributed by atoms with van der Waals surface area (Å²) in [6, 6.07) is 4.83. The maximum absolute atomic E-state index is 10.6. The molecule has 0 aliphatic rings. The van der Waals surface area contributed by atoms with Gasteiger partial charge in [0.15, 0.2) is 6.29 Å². The predicted molar refractivity (Wildman–Crippen MR) is 50.8 cm³/mol. The third-order valence-electron chi connectivity index (χ3n) is 1.44. The molecule has 66 valence electrons. The monoisotopic (exact) mass is 194 g/mol. The van der Waals surface area contributed by atoms with Crippen LogP contribution in [-0.2, 0) is 0 Å². The molecule has 3 heteroatoms. The highest BCUT2D eigenvalue weighted by Gasteiger charge is 1.98. The van der Waals surface area contributed by atoms with Crippen LogP contribution in [0, 0.1) is 11.8 Å². The largest absolute Gasteiger partial charge is 0.384 e. The van der Waals surface area contributed by atoms with Crippen LogP contribution in [0.3, 0.4) is 0 Å². The summed E-state index contributed by atoms with van der Waals surface area (Å²) in [7, 11) is 0. The van der Waals surface area contributed by atoms with Gasteiger partial charge in [-0.15, -0.1) is 0 Å². The number of rotatable bonds is 1. The van der Waals surface area contributed by atoms with Gasteiger partial charge >= 0.3 is 0 Å². The Morgan fingerprint density at radius 2 is 2.31 bits per heavy atom. The molecule has 1 aromatic rings. The van der Waals surface area contributed by atoms with Gasteiger partial charge in [0.05, 0.1) is 0 Å².